The molecule has 66 valence electrons. The van der Waals surface area contributed by atoms with Gasteiger partial charge in [0.05, 0.1) is 15.2 Å². The monoisotopic (exact) mass is 191 g/mol. The van der Waals surface area contributed by atoms with Crippen LogP contribution in [0.25, 0.3) is 10.2 Å². The molecule has 1 aliphatic carbocycles. The van der Waals surface area contributed by atoms with Crippen LogP contribution in [0.2, 0.25) is 0 Å². The minimum Gasteiger partial charge on any atom is -0.506 e. The van der Waals surface area contributed by atoms with Crippen LogP contribution in [0.15, 0.2) is 18.2 Å². The van der Waals surface area contributed by atoms with Crippen molar-refractivity contribution >= 4 is 21.6 Å². The molecule has 0 bridgehead atoms. The Bertz CT molecular complexity index is 459. The zero-order chi connectivity index (χ0) is 8.84. The number of phenolic OH excluding ortho intramolecular Hbond substituents is 1. The van der Waals surface area contributed by atoms with E-state index in [9.17, 15) is 5.11 Å². The third-order valence-electron chi connectivity index (χ3n) is 2.34. The largest absolute Gasteiger partial charge is 0.506 e. The van der Waals surface area contributed by atoms with E-state index in [-0.39, 0.29) is 0 Å². The number of fused-ring (bicyclic) bond motifs is 1. The standard InChI is InChI=1S/C10H9NOS/c12-8-3-1-2-7-9(8)13-10(11-7)6-4-5-6/h1-3,6,12H,4-5H2. The molecule has 1 fully saturated rings. The molecule has 13 heavy (non-hydrogen) atoms. The van der Waals surface area contributed by atoms with Crippen LogP contribution in [0.4, 0.5) is 0 Å². The third-order valence-corrected chi connectivity index (χ3v) is 3.59. The molecule has 0 unspecified atom stereocenters. The van der Waals surface area contributed by atoms with Gasteiger partial charge in [-0.25, -0.2) is 4.98 Å². The van der Waals surface area contributed by atoms with E-state index in [2.05, 4.69) is 4.98 Å². The van der Waals surface area contributed by atoms with Crippen molar-refractivity contribution in [1.29, 1.82) is 0 Å². The molecule has 0 aliphatic heterocycles. The number of hydrogen-bond acceptors (Lipinski definition) is 3. The number of aromatic nitrogens is 1. The fourth-order valence-electron chi connectivity index (χ4n) is 1.46. The molecule has 1 aliphatic rings. The molecule has 3 heteroatoms. The highest BCUT2D eigenvalue weighted by Crippen LogP contribution is 2.44. The summed E-state index contributed by atoms with van der Waals surface area (Å²) in [5, 5.41) is 10.7. The Hall–Kier alpha value is -1.09. The Morgan fingerprint density at radius 1 is 1.38 bits per heavy atom. The molecular formula is C10H9NOS. The first-order chi connectivity index (χ1) is 6.34. The fourth-order valence-corrected chi connectivity index (χ4v) is 2.60. The predicted molar refractivity (Wildman–Crippen MR) is 53.3 cm³/mol. The van der Waals surface area contributed by atoms with E-state index in [1.165, 1.54) is 17.8 Å². The van der Waals surface area contributed by atoms with Crippen LogP contribution >= 0.6 is 11.3 Å². The van der Waals surface area contributed by atoms with Crippen molar-refractivity contribution in [3.63, 3.8) is 0 Å². The topological polar surface area (TPSA) is 33.1 Å². The first-order valence-corrected chi connectivity index (χ1v) is 5.24. The Balaban J connectivity index is 2.26. The van der Waals surface area contributed by atoms with Crippen molar-refractivity contribution in [3.8, 4) is 5.75 Å². The molecular weight excluding hydrogens is 182 g/mol. The van der Waals surface area contributed by atoms with Crippen molar-refractivity contribution in [2.45, 2.75) is 18.8 Å². The van der Waals surface area contributed by atoms with Crippen molar-refractivity contribution < 1.29 is 5.11 Å². The molecule has 1 aromatic carbocycles. The van der Waals surface area contributed by atoms with Gasteiger partial charge in [0, 0.05) is 5.92 Å². The van der Waals surface area contributed by atoms with Gasteiger partial charge in [0.2, 0.25) is 0 Å². The first kappa shape index (κ1) is 7.33. The minimum atomic E-state index is 0.363. The van der Waals surface area contributed by atoms with E-state index in [0.29, 0.717) is 11.7 Å². The molecule has 0 atom stereocenters. The molecule has 2 nitrogen and oxygen atoms in total. The number of phenols is 1. The van der Waals surface area contributed by atoms with Crippen molar-refractivity contribution in [1.82, 2.24) is 4.98 Å². The zero-order valence-corrected chi connectivity index (χ0v) is 7.84. The van der Waals surface area contributed by atoms with Gasteiger partial charge < -0.3 is 5.11 Å². The van der Waals surface area contributed by atoms with Gasteiger partial charge in [-0.3, -0.25) is 0 Å². The second kappa shape index (κ2) is 2.45. The number of nitrogens with zero attached hydrogens (tertiary/aromatic N) is 1. The maximum Gasteiger partial charge on any atom is 0.135 e. The number of hydrogen-bond donors (Lipinski definition) is 1. The van der Waals surface area contributed by atoms with E-state index in [4.69, 9.17) is 0 Å². The smallest absolute Gasteiger partial charge is 0.135 e. The third kappa shape index (κ3) is 1.11. The fraction of sp³-hybridized carbons (Fsp3) is 0.300. The highest BCUT2D eigenvalue weighted by molar-refractivity contribution is 7.19. The van der Waals surface area contributed by atoms with Gasteiger partial charge in [0.15, 0.2) is 0 Å². The number of rotatable bonds is 1. The molecule has 0 saturated heterocycles. The van der Waals surface area contributed by atoms with Crippen molar-refractivity contribution in [2.24, 2.45) is 0 Å². The van der Waals surface area contributed by atoms with E-state index < -0.39 is 0 Å². The van der Waals surface area contributed by atoms with E-state index in [0.717, 1.165) is 10.2 Å². The van der Waals surface area contributed by atoms with E-state index >= 15 is 0 Å². The summed E-state index contributed by atoms with van der Waals surface area (Å²) < 4.78 is 0.935. The molecule has 0 radical (unpaired) electrons. The zero-order valence-electron chi connectivity index (χ0n) is 7.03. The predicted octanol–water partition coefficient (Wildman–Crippen LogP) is 2.88. The summed E-state index contributed by atoms with van der Waals surface area (Å²) in [4.78, 5) is 4.49. The average molecular weight is 191 g/mol. The lowest BCUT2D eigenvalue weighted by atomic mass is 10.3. The van der Waals surface area contributed by atoms with Gasteiger partial charge >= 0.3 is 0 Å². The maximum atomic E-state index is 9.56. The SMILES string of the molecule is Oc1cccc2nc(C3CC3)sc12. The molecule has 0 amide bonds. The molecule has 1 N–H and O–H groups in total. The van der Waals surface area contributed by atoms with Crippen LogP contribution in [0.1, 0.15) is 23.8 Å². The summed E-state index contributed by atoms with van der Waals surface area (Å²) in [6, 6.07) is 5.52. The highest BCUT2D eigenvalue weighted by atomic mass is 32.1. The van der Waals surface area contributed by atoms with E-state index in [1.807, 2.05) is 12.1 Å². The van der Waals surface area contributed by atoms with Gasteiger partial charge in [-0.1, -0.05) is 6.07 Å². The van der Waals surface area contributed by atoms with Gasteiger partial charge in [0.25, 0.3) is 0 Å². The molecule has 0 spiro atoms. The Kier molecular flexibility index (Phi) is 1.38. The second-order valence-corrected chi connectivity index (χ2v) is 4.48. The summed E-state index contributed by atoms with van der Waals surface area (Å²) in [7, 11) is 0. The van der Waals surface area contributed by atoms with Gasteiger partial charge in [-0.15, -0.1) is 11.3 Å². The number of aromatic hydroxyl groups is 1. The van der Waals surface area contributed by atoms with Crippen molar-refractivity contribution in [2.75, 3.05) is 0 Å². The lowest BCUT2D eigenvalue weighted by Gasteiger charge is -1.89. The Morgan fingerprint density at radius 3 is 2.92 bits per heavy atom. The molecule has 3 rings (SSSR count). The summed E-state index contributed by atoms with van der Waals surface area (Å²) in [6.07, 6.45) is 2.53. The normalized spacial score (nSPS) is 16.6. The van der Waals surface area contributed by atoms with Crippen LogP contribution in [0, 0.1) is 0 Å². The molecule has 1 heterocycles. The van der Waals surface area contributed by atoms with Crippen LogP contribution in [0.3, 0.4) is 0 Å². The molecule has 2 aromatic rings. The summed E-state index contributed by atoms with van der Waals surface area (Å²) in [6.45, 7) is 0. The van der Waals surface area contributed by atoms with Crippen LogP contribution in [-0.4, -0.2) is 10.1 Å². The van der Waals surface area contributed by atoms with Gasteiger partial charge in [0.1, 0.15) is 5.75 Å². The average Bonchev–Trinajstić information content (AvgIpc) is 2.87. The first-order valence-electron chi connectivity index (χ1n) is 4.43. The summed E-state index contributed by atoms with van der Waals surface area (Å²) >= 11 is 1.63. The summed E-state index contributed by atoms with van der Waals surface area (Å²) in [5.74, 6) is 1.04. The lowest BCUT2D eigenvalue weighted by Crippen LogP contribution is -1.73. The lowest BCUT2D eigenvalue weighted by molar-refractivity contribution is 0.482. The highest BCUT2D eigenvalue weighted by Gasteiger charge is 2.27. The maximum absolute atomic E-state index is 9.56. The Labute approximate surface area is 79.9 Å². The van der Waals surface area contributed by atoms with Gasteiger partial charge in [-0.05, 0) is 25.0 Å². The van der Waals surface area contributed by atoms with Gasteiger partial charge in [-0.2, -0.15) is 0 Å². The molecule has 1 aromatic heterocycles. The Morgan fingerprint density at radius 2 is 2.23 bits per heavy atom. The quantitative estimate of drug-likeness (QED) is 0.751. The van der Waals surface area contributed by atoms with Crippen LogP contribution < -0.4 is 0 Å². The minimum absolute atomic E-state index is 0.363. The van der Waals surface area contributed by atoms with E-state index in [1.54, 1.807) is 17.4 Å². The van der Waals surface area contributed by atoms with Crippen LogP contribution in [-0.2, 0) is 0 Å². The number of benzene rings is 1. The second-order valence-electron chi connectivity index (χ2n) is 3.45. The number of thiazole rings is 1. The van der Waals surface area contributed by atoms with Crippen molar-refractivity contribution in [3.05, 3.63) is 23.2 Å². The summed E-state index contributed by atoms with van der Waals surface area (Å²) in [5.41, 5.74) is 0.937. The molecule has 1 saturated carbocycles. The van der Waals surface area contributed by atoms with Crippen LogP contribution in [0.5, 0.6) is 5.75 Å².